The minimum absolute atomic E-state index is 0.190. The van der Waals surface area contributed by atoms with Gasteiger partial charge in [-0.05, 0) is 26.2 Å². The van der Waals surface area contributed by atoms with Crippen molar-refractivity contribution >= 4 is 5.78 Å². The van der Waals surface area contributed by atoms with Crippen molar-refractivity contribution in [2.75, 3.05) is 0 Å². The number of rotatable bonds is 5. The van der Waals surface area contributed by atoms with Crippen LogP contribution < -0.4 is 5.73 Å². The Balaban J connectivity index is 2.32. The third kappa shape index (κ3) is 4.61. The lowest BCUT2D eigenvalue weighted by Gasteiger charge is -2.32. The summed E-state index contributed by atoms with van der Waals surface area (Å²) in [5, 5.41) is 0. The molecule has 0 saturated heterocycles. The normalized spacial score (nSPS) is 19.9. The Hall–Kier alpha value is -0.630. The molecule has 15 heavy (non-hydrogen) atoms. The summed E-state index contributed by atoms with van der Waals surface area (Å²) in [7, 11) is 0. The van der Waals surface area contributed by atoms with Gasteiger partial charge in [0.15, 0.2) is 0 Å². The molecule has 0 aliphatic heterocycles. The van der Waals surface area contributed by atoms with Crippen LogP contribution in [0.4, 0.5) is 0 Å². The maximum atomic E-state index is 11.7. The quantitative estimate of drug-likeness (QED) is 0.707. The van der Waals surface area contributed by atoms with Crippen LogP contribution in [0.3, 0.4) is 0 Å². The summed E-state index contributed by atoms with van der Waals surface area (Å²) in [6.07, 6.45) is 7.69. The Morgan fingerprint density at radius 1 is 1.27 bits per heavy atom. The summed E-state index contributed by atoms with van der Waals surface area (Å²) >= 11 is 0. The SMILES string of the molecule is C=C(C)CCC(=O)CC1(N)CCCCC1. The summed E-state index contributed by atoms with van der Waals surface area (Å²) in [5.41, 5.74) is 7.11. The van der Waals surface area contributed by atoms with Gasteiger partial charge in [0.25, 0.3) is 0 Å². The number of hydrogen-bond acceptors (Lipinski definition) is 2. The number of carbonyl (C=O) groups is 1. The van der Waals surface area contributed by atoms with E-state index in [2.05, 4.69) is 6.58 Å². The first kappa shape index (κ1) is 12.4. The predicted molar refractivity (Wildman–Crippen MR) is 63.7 cm³/mol. The van der Waals surface area contributed by atoms with Crippen molar-refractivity contribution < 1.29 is 4.79 Å². The van der Waals surface area contributed by atoms with Gasteiger partial charge < -0.3 is 5.73 Å². The van der Waals surface area contributed by atoms with E-state index in [-0.39, 0.29) is 5.54 Å². The highest BCUT2D eigenvalue weighted by atomic mass is 16.1. The van der Waals surface area contributed by atoms with Gasteiger partial charge >= 0.3 is 0 Å². The van der Waals surface area contributed by atoms with Crippen LogP contribution in [-0.2, 0) is 4.79 Å². The van der Waals surface area contributed by atoms with Gasteiger partial charge in [0.2, 0.25) is 0 Å². The molecule has 1 rings (SSSR count). The van der Waals surface area contributed by atoms with Crippen LogP contribution in [0, 0.1) is 0 Å². The van der Waals surface area contributed by atoms with Crippen molar-refractivity contribution in [2.24, 2.45) is 5.73 Å². The van der Waals surface area contributed by atoms with Crippen LogP contribution in [0.25, 0.3) is 0 Å². The average molecular weight is 209 g/mol. The standard InChI is InChI=1S/C13H23NO/c1-11(2)6-7-12(15)10-13(14)8-4-3-5-9-13/h1,3-10,14H2,2H3. The Bertz CT molecular complexity index is 239. The molecule has 1 aliphatic carbocycles. The van der Waals surface area contributed by atoms with Crippen LogP contribution >= 0.6 is 0 Å². The summed E-state index contributed by atoms with van der Waals surface area (Å²) < 4.78 is 0. The predicted octanol–water partition coefficient (Wildman–Crippen LogP) is 2.96. The topological polar surface area (TPSA) is 43.1 Å². The number of carbonyl (C=O) groups excluding carboxylic acids is 1. The molecule has 1 aliphatic rings. The zero-order valence-electron chi connectivity index (χ0n) is 9.85. The number of Topliss-reactive ketones (excluding diaryl/α,β-unsaturated/α-hetero) is 1. The van der Waals surface area contributed by atoms with E-state index >= 15 is 0 Å². The number of nitrogens with two attached hydrogens (primary N) is 1. The summed E-state index contributed by atoms with van der Waals surface area (Å²) in [4.78, 5) is 11.7. The van der Waals surface area contributed by atoms with E-state index in [1.165, 1.54) is 19.3 Å². The molecular formula is C13H23NO. The van der Waals surface area contributed by atoms with E-state index in [9.17, 15) is 4.79 Å². The van der Waals surface area contributed by atoms with Gasteiger partial charge in [0.1, 0.15) is 5.78 Å². The summed E-state index contributed by atoms with van der Waals surface area (Å²) in [6, 6.07) is 0. The van der Waals surface area contributed by atoms with Crippen molar-refractivity contribution in [1.29, 1.82) is 0 Å². The van der Waals surface area contributed by atoms with Crippen LogP contribution in [0.2, 0.25) is 0 Å². The van der Waals surface area contributed by atoms with Gasteiger partial charge in [-0.3, -0.25) is 4.79 Å². The Morgan fingerprint density at radius 3 is 2.40 bits per heavy atom. The number of allylic oxidation sites excluding steroid dienone is 1. The van der Waals surface area contributed by atoms with Gasteiger partial charge in [0, 0.05) is 18.4 Å². The molecule has 2 heteroatoms. The highest BCUT2D eigenvalue weighted by Gasteiger charge is 2.29. The lowest BCUT2D eigenvalue weighted by molar-refractivity contribution is -0.120. The molecular weight excluding hydrogens is 186 g/mol. The molecule has 86 valence electrons. The van der Waals surface area contributed by atoms with Gasteiger partial charge in [0.05, 0.1) is 0 Å². The second kappa shape index (κ2) is 5.45. The number of ketones is 1. The second-order valence-electron chi connectivity index (χ2n) is 5.10. The maximum Gasteiger partial charge on any atom is 0.135 e. The third-order valence-corrected chi connectivity index (χ3v) is 3.23. The lowest BCUT2D eigenvalue weighted by Crippen LogP contribution is -2.43. The lowest BCUT2D eigenvalue weighted by atomic mass is 9.78. The first-order valence-electron chi connectivity index (χ1n) is 5.97. The summed E-state index contributed by atoms with van der Waals surface area (Å²) in [5.74, 6) is 0.308. The fraction of sp³-hybridized carbons (Fsp3) is 0.769. The van der Waals surface area contributed by atoms with Crippen molar-refractivity contribution in [2.45, 2.75) is 63.8 Å². The smallest absolute Gasteiger partial charge is 0.135 e. The molecule has 0 atom stereocenters. The van der Waals surface area contributed by atoms with E-state index in [0.29, 0.717) is 18.6 Å². The molecule has 0 aromatic carbocycles. The molecule has 0 aromatic rings. The van der Waals surface area contributed by atoms with Crippen molar-refractivity contribution in [1.82, 2.24) is 0 Å². The molecule has 1 saturated carbocycles. The number of hydrogen-bond donors (Lipinski definition) is 1. The van der Waals surface area contributed by atoms with Gasteiger partial charge in [-0.15, -0.1) is 6.58 Å². The molecule has 1 fully saturated rings. The van der Waals surface area contributed by atoms with E-state index in [1.807, 2.05) is 6.92 Å². The Kier molecular flexibility index (Phi) is 4.52. The van der Waals surface area contributed by atoms with E-state index < -0.39 is 0 Å². The Morgan fingerprint density at radius 2 is 1.87 bits per heavy atom. The Labute approximate surface area is 92.9 Å². The molecule has 2 nitrogen and oxygen atoms in total. The average Bonchev–Trinajstić information content (AvgIpc) is 2.15. The molecule has 0 radical (unpaired) electrons. The van der Waals surface area contributed by atoms with E-state index in [4.69, 9.17) is 5.73 Å². The van der Waals surface area contributed by atoms with Crippen LogP contribution in [0.5, 0.6) is 0 Å². The molecule has 0 spiro atoms. The minimum Gasteiger partial charge on any atom is -0.325 e. The van der Waals surface area contributed by atoms with Crippen LogP contribution in [0.15, 0.2) is 12.2 Å². The second-order valence-corrected chi connectivity index (χ2v) is 5.10. The van der Waals surface area contributed by atoms with E-state index in [1.54, 1.807) is 0 Å². The maximum absolute atomic E-state index is 11.7. The first-order valence-corrected chi connectivity index (χ1v) is 5.97. The van der Waals surface area contributed by atoms with Gasteiger partial charge in [-0.2, -0.15) is 0 Å². The summed E-state index contributed by atoms with van der Waals surface area (Å²) in [6.45, 7) is 5.77. The minimum atomic E-state index is -0.190. The zero-order valence-corrected chi connectivity index (χ0v) is 9.85. The third-order valence-electron chi connectivity index (χ3n) is 3.23. The van der Waals surface area contributed by atoms with Gasteiger partial charge in [-0.25, -0.2) is 0 Å². The highest BCUT2D eigenvalue weighted by molar-refractivity contribution is 5.79. The largest absolute Gasteiger partial charge is 0.325 e. The van der Waals surface area contributed by atoms with Crippen molar-refractivity contribution in [3.8, 4) is 0 Å². The van der Waals surface area contributed by atoms with E-state index in [0.717, 1.165) is 24.8 Å². The fourth-order valence-corrected chi connectivity index (χ4v) is 2.27. The first-order chi connectivity index (χ1) is 7.02. The molecule has 0 unspecified atom stereocenters. The monoisotopic (exact) mass is 209 g/mol. The fourth-order valence-electron chi connectivity index (χ4n) is 2.27. The van der Waals surface area contributed by atoms with Crippen LogP contribution in [-0.4, -0.2) is 11.3 Å². The molecule has 0 heterocycles. The molecule has 0 amide bonds. The molecule has 0 aromatic heterocycles. The highest BCUT2D eigenvalue weighted by Crippen LogP contribution is 2.29. The van der Waals surface area contributed by atoms with Crippen molar-refractivity contribution in [3.05, 3.63) is 12.2 Å². The zero-order chi connectivity index (χ0) is 11.3. The molecule has 0 bridgehead atoms. The molecule has 2 N–H and O–H groups in total. The van der Waals surface area contributed by atoms with Crippen LogP contribution in [0.1, 0.15) is 58.3 Å². The van der Waals surface area contributed by atoms with Gasteiger partial charge in [-0.1, -0.05) is 24.8 Å². The van der Waals surface area contributed by atoms with Crippen molar-refractivity contribution in [3.63, 3.8) is 0 Å².